The van der Waals surface area contributed by atoms with Gasteiger partial charge in [-0.05, 0) is 54.1 Å². The first-order chi connectivity index (χ1) is 12.6. The second-order valence-electron chi connectivity index (χ2n) is 8.12. The van der Waals surface area contributed by atoms with E-state index in [-0.39, 0.29) is 16.5 Å². The predicted octanol–water partition coefficient (Wildman–Crippen LogP) is 5.97. The van der Waals surface area contributed by atoms with E-state index < -0.39 is 6.10 Å². The molecule has 2 nitrogen and oxygen atoms in total. The van der Waals surface area contributed by atoms with E-state index in [9.17, 15) is 4.79 Å². The molecule has 1 aromatic rings. The minimum absolute atomic E-state index is 0.0208. The molecule has 1 saturated carbocycles. The molecule has 0 bridgehead atoms. The van der Waals surface area contributed by atoms with E-state index >= 15 is 0 Å². The summed E-state index contributed by atoms with van der Waals surface area (Å²) in [6.07, 6.45) is 4.53. The number of carbonyl (C=O) groups is 1. The van der Waals surface area contributed by atoms with Gasteiger partial charge in [0.05, 0.1) is 6.10 Å². The lowest BCUT2D eigenvalue weighted by atomic mass is 9.75. The van der Waals surface area contributed by atoms with Crippen LogP contribution in [0.4, 0.5) is 0 Å². The number of hydrogen-bond donors (Lipinski definition) is 0. The monoisotopic (exact) mass is 392 g/mol. The van der Waals surface area contributed by atoms with Gasteiger partial charge in [-0.15, -0.1) is 23.5 Å². The van der Waals surface area contributed by atoms with Gasteiger partial charge in [-0.2, -0.15) is 0 Å². The number of carbonyl (C=O) groups excluding carboxylic acids is 1. The second kappa shape index (κ2) is 9.66. The van der Waals surface area contributed by atoms with Gasteiger partial charge in [0.1, 0.15) is 10.7 Å². The molecule has 1 aliphatic carbocycles. The first kappa shape index (κ1) is 20.3. The van der Waals surface area contributed by atoms with E-state index in [0.29, 0.717) is 17.8 Å². The number of hydrogen-bond acceptors (Lipinski definition) is 4. The van der Waals surface area contributed by atoms with Crippen LogP contribution in [0.1, 0.15) is 58.1 Å². The van der Waals surface area contributed by atoms with E-state index in [1.165, 1.54) is 19.3 Å². The Morgan fingerprint density at radius 3 is 2.46 bits per heavy atom. The van der Waals surface area contributed by atoms with Crippen molar-refractivity contribution >= 4 is 29.3 Å². The Hall–Kier alpha value is -0.450. The van der Waals surface area contributed by atoms with Crippen LogP contribution in [0.15, 0.2) is 30.3 Å². The van der Waals surface area contributed by atoms with Crippen molar-refractivity contribution in [1.82, 2.24) is 0 Å². The molecule has 0 radical (unpaired) electrons. The highest BCUT2D eigenvalue weighted by atomic mass is 32.2. The molecule has 1 aromatic carbocycles. The van der Waals surface area contributed by atoms with Crippen LogP contribution >= 0.6 is 23.5 Å². The van der Waals surface area contributed by atoms with Crippen molar-refractivity contribution in [3.63, 3.8) is 0 Å². The fourth-order valence-corrected chi connectivity index (χ4v) is 6.93. The van der Waals surface area contributed by atoms with E-state index in [4.69, 9.17) is 4.74 Å². The summed E-state index contributed by atoms with van der Waals surface area (Å²) in [6, 6.07) is 10.1. The molecule has 4 heteroatoms. The molecule has 0 N–H and O–H groups in total. The zero-order chi connectivity index (χ0) is 18.5. The van der Waals surface area contributed by atoms with Gasteiger partial charge in [-0.25, -0.2) is 0 Å². The third-order valence-electron chi connectivity index (χ3n) is 5.69. The number of ketones is 1. The smallest absolute Gasteiger partial charge is 0.188 e. The molecule has 1 heterocycles. The van der Waals surface area contributed by atoms with Crippen LogP contribution < -0.4 is 0 Å². The van der Waals surface area contributed by atoms with Crippen molar-refractivity contribution in [2.75, 3.05) is 11.5 Å². The average molecular weight is 393 g/mol. The Labute approximate surface area is 167 Å². The summed E-state index contributed by atoms with van der Waals surface area (Å²) in [6.45, 7) is 6.91. The lowest BCUT2D eigenvalue weighted by molar-refractivity contribution is -0.140. The van der Waals surface area contributed by atoms with Crippen molar-refractivity contribution in [3.8, 4) is 0 Å². The van der Waals surface area contributed by atoms with Crippen LogP contribution in [-0.2, 0) is 9.53 Å². The van der Waals surface area contributed by atoms with E-state index in [1.54, 1.807) is 23.5 Å². The lowest BCUT2D eigenvalue weighted by Gasteiger charge is -2.39. The van der Waals surface area contributed by atoms with Crippen LogP contribution in [-0.4, -0.2) is 28.0 Å². The molecular weight excluding hydrogens is 360 g/mol. The van der Waals surface area contributed by atoms with Crippen LogP contribution in [0.25, 0.3) is 0 Å². The van der Waals surface area contributed by atoms with Gasteiger partial charge in [0.25, 0.3) is 0 Å². The van der Waals surface area contributed by atoms with Gasteiger partial charge in [-0.3, -0.25) is 4.79 Å². The van der Waals surface area contributed by atoms with Crippen LogP contribution in [0.5, 0.6) is 0 Å². The highest BCUT2D eigenvalue weighted by molar-refractivity contribution is 8.18. The average Bonchev–Trinajstić information content (AvgIpc) is 2.67. The predicted molar refractivity (Wildman–Crippen MR) is 114 cm³/mol. The lowest BCUT2D eigenvalue weighted by Crippen LogP contribution is -2.38. The van der Waals surface area contributed by atoms with E-state index in [1.807, 2.05) is 18.2 Å². The fourth-order valence-electron chi connectivity index (χ4n) is 4.16. The van der Waals surface area contributed by atoms with E-state index in [2.05, 4.69) is 32.9 Å². The quantitative estimate of drug-likeness (QED) is 0.596. The van der Waals surface area contributed by atoms with Gasteiger partial charge in [-0.1, -0.05) is 57.5 Å². The van der Waals surface area contributed by atoms with Crippen LogP contribution in [0.2, 0.25) is 0 Å². The minimum Gasteiger partial charge on any atom is -0.362 e. The summed E-state index contributed by atoms with van der Waals surface area (Å²) in [5.41, 5.74) is 1.02. The highest BCUT2D eigenvalue weighted by Gasteiger charge is 2.37. The molecule has 1 aliphatic heterocycles. The maximum absolute atomic E-state index is 13.4. The molecule has 144 valence electrons. The van der Waals surface area contributed by atoms with Gasteiger partial charge in [0.15, 0.2) is 5.78 Å². The maximum Gasteiger partial charge on any atom is 0.188 e. The highest BCUT2D eigenvalue weighted by Crippen LogP contribution is 2.40. The molecule has 0 amide bonds. The van der Waals surface area contributed by atoms with Crippen molar-refractivity contribution in [1.29, 1.82) is 0 Å². The zero-order valence-electron chi connectivity index (χ0n) is 16.2. The molecule has 0 spiro atoms. The first-order valence-electron chi connectivity index (χ1n) is 10.0. The standard InChI is InChI=1S/C22H32O2S2/c1-15(2)18-11-10-16(3)14-19(18)24-21(17-8-5-4-6-9-17)20(23)22-25-12-7-13-26-22/h4-6,8-9,15-16,18-19,21-22H,7,10-14H2,1-3H3/t16-,18+,19-,21?/m1/s1. The van der Waals surface area contributed by atoms with Crippen molar-refractivity contribution in [2.45, 2.75) is 63.2 Å². The van der Waals surface area contributed by atoms with Crippen molar-refractivity contribution < 1.29 is 9.53 Å². The number of ether oxygens (including phenoxy) is 1. The Kier molecular flexibility index (Phi) is 7.54. The number of thioether (sulfide) groups is 2. The SMILES string of the molecule is CC(C)[C@@H]1CC[C@@H](C)C[C@H]1OC(C(=O)C1SCCCS1)c1ccccc1. The normalized spacial score (nSPS) is 28.8. The molecular formula is C22H32O2S2. The number of rotatable bonds is 6. The maximum atomic E-state index is 13.4. The van der Waals surface area contributed by atoms with Gasteiger partial charge < -0.3 is 4.74 Å². The van der Waals surface area contributed by atoms with E-state index in [0.717, 1.165) is 23.5 Å². The second-order valence-corrected chi connectivity index (χ2v) is 10.8. The van der Waals surface area contributed by atoms with Crippen LogP contribution in [0, 0.1) is 17.8 Å². The summed E-state index contributed by atoms with van der Waals surface area (Å²) in [5.74, 6) is 4.25. The summed E-state index contributed by atoms with van der Waals surface area (Å²) in [4.78, 5) is 13.4. The Bertz CT molecular complexity index is 569. The molecule has 2 fully saturated rings. The summed E-state index contributed by atoms with van der Waals surface area (Å²) in [7, 11) is 0. The first-order valence-corrected chi connectivity index (χ1v) is 12.1. The zero-order valence-corrected chi connectivity index (χ0v) is 17.9. The number of Topliss-reactive ketones (excluding diaryl/α,β-unsaturated/α-hetero) is 1. The molecule has 1 saturated heterocycles. The summed E-state index contributed by atoms with van der Waals surface area (Å²) < 4.78 is 6.68. The van der Waals surface area contributed by atoms with Crippen molar-refractivity contribution in [3.05, 3.63) is 35.9 Å². The summed E-state index contributed by atoms with van der Waals surface area (Å²) in [5, 5.41) is 0. The number of benzene rings is 1. The van der Waals surface area contributed by atoms with Gasteiger partial charge >= 0.3 is 0 Å². The van der Waals surface area contributed by atoms with Crippen molar-refractivity contribution in [2.24, 2.45) is 17.8 Å². The Morgan fingerprint density at radius 1 is 1.12 bits per heavy atom. The molecule has 0 aromatic heterocycles. The Balaban J connectivity index is 1.81. The minimum atomic E-state index is -0.421. The summed E-state index contributed by atoms with van der Waals surface area (Å²) >= 11 is 3.59. The molecule has 3 rings (SSSR count). The molecule has 26 heavy (non-hydrogen) atoms. The van der Waals surface area contributed by atoms with Gasteiger partial charge in [0, 0.05) is 0 Å². The topological polar surface area (TPSA) is 26.3 Å². The molecule has 1 unspecified atom stereocenters. The third kappa shape index (κ3) is 5.08. The molecule has 2 aliphatic rings. The van der Waals surface area contributed by atoms with Gasteiger partial charge in [0.2, 0.25) is 0 Å². The largest absolute Gasteiger partial charge is 0.362 e. The van der Waals surface area contributed by atoms with Crippen LogP contribution in [0.3, 0.4) is 0 Å². The fraction of sp³-hybridized carbons (Fsp3) is 0.682. The Morgan fingerprint density at radius 2 is 1.81 bits per heavy atom. The molecule has 4 atom stereocenters. The third-order valence-corrected chi connectivity index (χ3v) is 8.63.